The predicted molar refractivity (Wildman–Crippen MR) is 89.6 cm³/mol. The topological polar surface area (TPSA) is 40.5 Å². The Bertz CT molecular complexity index is 387. The van der Waals surface area contributed by atoms with Crippen LogP contribution in [-0.4, -0.2) is 10.2 Å². The van der Waals surface area contributed by atoms with Gasteiger partial charge >= 0.3 is 0 Å². The number of aliphatic hydroxyl groups is 1. The molecule has 0 bridgehead atoms. The smallest absolute Gasteiger partial charge is 0.121 e. The third kappa shape index (κ3) is 7.52. The van der Waals surface area contributed by atoms with Crippen molar-refractivity contribution in [3.63, 3.8) is 0 Å². The van der Waals surface area contributed by atoms with Crippen molar-refractivity contribution in [2.45, 2.75) is 84.2 Å². The van der Waals surface area contributed by atoms with Gasteiger partial charge in [-0.15, -0.1) is 0 Å². The number of phenolic OH excluding ortho intramolecular Hbond substituents is 1. The Balaban J connectivity index is 2.11. The number of hydrogen-bond donors (Lipinski definition) is 2. The van der Waals surface area contributed by atoms with E-state index in [4.69, 9.17) is 0 Å². The van der Waals surface area contributed by atoms with Crippen molar-refractivity contribution in [1.29, 1.82) is 0 Å². The third-order valence-corrected chi connectivity index (χ3v) is 4.12. The third-order valence-electron chi connectivity index (χ3n) is 4.12. The Morgan fingerprint density at radius 1 is 0.905 bits per heavy atom. The van der Waals surface area contributed by atoms with Gasteiger partial charge in [-0.05, 0) is 25.5 Å². The molecule has 1 aromatic rings. The summed E-state index contributed by atoms with van der Waals surface area (Å²) in [5, 5.41) is 20.0. The molecule has 21 heavy (non-hydrogen) atoms. The zero-order chi connectivity index (χ0) is 15.5. The highest BCUT2D eigenvalue weighted by Gasteiger charge is 2.11. The second-order valence-corrected chi connectivity index (χ2v) is 6.20. The standard InChI is InChI=1S/C19H32O2/c1-3-4-5-6-7-8-9-10-11-12-18(20)17-15-16(2)13-14-19(17)21/h13-15,18,20-21H,3-12H2,1-2H3. The number of unbranched alkanes of at least 4 members (excludes halogenated alkanes) is 8. The molecule has 0 saturated heterocycles. The maximum Gasteiger partial charge on any atom is 0.121 e. The zero-order valence-corrected chi connectivity index (χ0v) is 13.8. The first-order chi connectivity index (χ1) is 10.1. The molecule has 2 N–H and O–H groups in total. The average molecular weight is 292 g/mol. The molecule has 0 aliphatic heterocycles. The number of aryl methyl sites for hydroxylation is 1. The second-order valence-electron chi connectivity index (χ2n) is 6.20. The van der Waals surface area contributed by atoms with E-state index in [0.717, 1.165) is 18.4 Å². The molecule has 0 spiro atoms. The van der Waals surface area contributed by atoms with Crippen LogP contribution in [0.2, 0.25) is 0 Å². The van der Waals surface area contributed by atoms with Gasteiger partial charge in [0.25, 0.3) is 0 Å². The fraction of sp³-hybridized carbons (Fsp3) is 0.684. The first kappa shape index (κ1) is 18.0. The van der Waals surface area contributed by atoms with E-state index in [0.29, 0.717) is 5.56 Å². The van der Waals surface area contributed by atoms with Crippen LogP contribution >= 0.6 is 0 Å². The van der Waals surface area contributed by atoms with E-state index in [-0.39, 0.29) is 5.75 Å². The minimum absolute atomic E-state index is 0.212. The van der Waals surface area contributed by atoms with Crippen LogP contribution in [0.15, 0.2) is 18.2 Å². The number of aliphatic hydroxyl groups excluding tert-OH is 1. The Hall–Kier alpha value is -1.02. The van der Waals surface area contributed by atoms with Crippen molar-refractivity contribution in [1.82, 2.24) is 0 Å². The van der Waals surface area contributed by atoms with Gasteiger partial charge in [0.05, 0.1) is 6.10 Å². The molecule has 2 nitrogen and oxygen atoms in total. The molecule has 0 radical (unpaired) electrons. The van der Waals surface area contributed by atoms with Crippen LogP contribution in [-0.2, 0) is 0 Å². The molecule has 0 saturated carbocycles. The van der Waals surface area contributed by atoms with Crippen LogP contribution in [0.5, 0.6) is 5.75 Å². The van der Waals surface area contributed by atoms with Crippen molar-refractivity contribution < 1.29 is 10.2 Å². The minimum Gasteiger partial charge on any atom is -0.508 e. The van der Waals surface area contributed by atoms with Crippen LogP contribution in [0.25, 0.3) is 0 Å². The summed E-state index contributed by atoms with van der Waals surface area (Å²) in [4.78, 5) is 0. The number of benzene rings is 1. The Labute approximate surface area is 130 Å². The van der Waals surface area contributed by atoms with E-state index in [1.165, 1.54) is 51.4 Å². The largest absolute Gasteiger partial charge is 0.508 e. The van der Waals surface area contributed by atoms with Crippen molar-refractivity contribution in [3.05, 3.63) is 29.3 Å². The number of aromatic hydroxyl groups is 1. The van der Waals surface area contributed by atoms with E-state index in [9.17, 15) is 10.2 Å². The van der Waals surface area contributed by atoms with E-state index in [1.54, 1.807) is 6.07 Å². The quantitative estimate of drug-likeness (QED) is 0.517. The van der Waals surface area contributed by atoms with Gasteiger partial charge in [-0.3, -0.25) is 0 Å². The zero-order valence-electron chi connectivity index (χ0n) is 13.8. The average Bonchev–Trinajstić information content (AvgIpc) is 2.48. The Kier molecular flexibility index (Phi) is 9.16. The summed E-state index contributed by atoms with van der Waals surface area (Å²) < 4.78 is 0. The summed E-state index contributed by atoms with van der Waals surface area (Å²) in [6.07, 6.45) is 11.8. The predicted octanol–water partition coefficient (Wildman–Crippen LogP) is 5.65. The molecule has 0 aliphatic carbocycles. The first-order valence-electron chi connectivity index (χ1n) is 8.62. The normalized spacial score (nSPS) is 12.5. The molecule has 0 aliphatic rings. The summed E-state index contributed by atoms with van der Waals surface area (Å²) in [6, 6.07) is 5.42. The van der Waals surface area contributed by atoms with Crippen molar-refractivity contribution in [2.75, 3.05) is 0 Å². The molecule has 1 rings (SSSR count). The highest BCUT2D eigenvalue weighted by Crippen LogP contribution is 2.28. The van der Waals surface area contributed by atoms with Crippen LogP contribution in [0.1, 0.15) is 88.4 Å². The number of hydrogen-bond acceptors (Lipinski definition) is 2. The van der Waals surface area contributed by atoms with Crippen LogP contribution in [0.4, 0.5) is 0 Å². The molecule has 0 aromatic heterocycles. The molecule has 0 amide bonds. The highest BCUT2D eigenvalue weighted by molar-refractivity contribution is 5.37. The lowest BCUT2D eigenvalue weighted by Gasteiger charge is -2.13. The van der Waals surface area contributed by atoms with Gasteiger partial charge in [0.15, 0.2) is 0 Å². The summed E-state index contributed by atoms with van der Waals surface area (Å²) in [6.45, 7) is 4.23. The summed E-state index contributed by atoms with van der Waals surface area (Å²) in [7, 11) is 0. The lowest BCUT2D eigenvalue weighted by atomic mass is 9.99. The summed E-state index contributed by atoms with van der Waals surface area (Å²) in [5.41, 5.74) is 1.75. The van der Waals surface area contributed by atoms with Gasteiger partial charge in [0.1, 0.15) is 5.75 Å². The highest BCUT2D eigenvalue weighted by atomic mass is 16.3. The van der Waals surface area contributed by atoms with Gasteiger partial charge in [0, 0.05) is 5.56 Å². The monoisotopic (exact) mass is 292 g/mol. The first-order valence-corrected chi connectivity index (χ1v) is 8.62. The molecule has 1 atom stereocenters. The Morgan fingerprint density at radius 2 is 1.48 bits per heavy atom. The summed E-state index contributed by atoms with van der Waals surface area (Å²) in [5.74, 6) is 0.212. The summed E-state index contributed by atoms with van der Waals surface area (Å²) >= 11 is 0. The molecular weight excluding hydrogens is 260 g/mol. The molecule has 1 unspecified atom stereocenters. The Morgan fingerprint density at radius 3 is 2.10 bits per heavy atom. The van der Waals surface area contributed by atoms with Crippen LogP contribution < -0.4 is 0 Å². The fourth-order valence-corrected chi connectivity index (χ4v) is 2.74. The molecule has 1 aromatic carbocycles. The van der Waals surface area contributed by atoms with E-state index >= 15 is 0 Å². The van der Waals surface area contributed by atoms with E-state index < -0.39 is 6.10 Å². The number of phenols is 1. The van der Waals surface area contributed by atoms with Gasteiger partial charge in [-0.2, -0.15) is 0 Å². The molecule has 2 heteroatoms. The maximum atomic E-state index is 10.2. The molecule has 0 heterocycles. The van der Waals surface area contributed by atoms with E-state index in [1.807, 2.05) is 19.1 Å². The lowest BCUT2D eigenvalue weighted by Crippen LogP contribution is -1.98. The number of rotatable bonds is 11. The van der Waals surface area contributed by atoms with Crippen molar-refractivity contribution in [2.24, 2.45) is 0 Å². The van der Waals surface area contributed by atoms with Gasteiger partial charge in [0.2, 0.25) is 0 Å². The van der Waals surface area contributed by atoms with Gasteiger partial charge in [-0.25, -0.2) is 0 Å². The van der Waals surface area contributed by atoms with Crippen LogP contribution in [0, 0.1) is 6.92 Å². The van der Waals surface area contributed by atoms with Crippen LogP contribution in [0.3, 0.4) is 0 Å². The van der Waals surface area contributed by atoms with Crippen molar-refractivity contribution >= 4 is 0 Å². The lowest BCUT2D eigenvalue weighted by molar-refractivity contribution is 0.159. The maximum absolute atomic E-state index is 10.2. The SMILES string of the molecule is CCCCCCCCCCCC(O)c1cc(C)ccc1O. The second kappa shape index (κ2) is 10.7. The fourth-order valence-electron chi connectivity index (χ4n) is 2.74. The van der Waals surface area contributed by atoms with Gasteiger partial charge in [-0.1, -0.05) is 76.3 Å². The minimum atomic E-state index is -0.533. The van der Waals surface area contributed by atoms with E-state index in [2.05, 4.69) is 6.92 Å². The van der Waals surface area contributed by atoms with Crippen molar-refractivity contribution in [3.8, 4) is 5.75 Å². The van der Waals surface area contributed by atoms with Gasteiger partial charge < -0.3 is 10.2 Å². The molecule has 0 fully saturated rings. The molecule has 120 valence electrons. The molecular formula is C19H32O2.